The van der Waals surface area contributed by atoms with E-state index in [2.05, 4.69) is 10.2 Å². The largest absolute Gasteiger partial charge is 1.00 e. The van der Waals surface area contributed by atoms with Gasteiger partial charge < -0.3 is 18.6 Å². The number of ether oxygens (including phenoxy) is 2. The molecule has 1 amide bonds. The maximum absolute atomic E-state index is 13.2. The summed E-state index contributed by atoms with van der Waals surface area (Å²) in [6.07, 6.45) is 6.57. The van der Waals surface area contributed by atoms with Crippen LogP contribution in [0.4, 0.5) is 5.69 Å². The summed E-state index contributed by atoms with van der Waals surface area (Å²) >= 11 is 0. The van der Waals surface area contributed by atoms with Crippen molar-refractivity contribution in [3.63, 3.8) is 0 Å². The summed E-state index contributed by atoms with van der Waals surface area (Å²) in [6.45, 7) is 3.09. The molecule has 0 saturated heterocycles. The van der Waals surface area contributed by atoms with Gasteiger partial charge in [0.25, 0.3) is 11.5 Å². The maximum Gasteiger partial charge on any atom is 1.00 e. The number of allylic oxidation sites excluding steroid dienone is 4. The van der Waals surface area contributed by atoms with Crippen molar-refractivity contribution in [2.75, 3.05) is 18.2 Å². The zero-order valence-corrected chi connectivity index (χ0v) is 34.4. The summed E-state index contributed by atoms with van der Waals surface area (Å²) in [5.41, 5.74) is -1.43. The number of H-pyrrole nitrogens is 1. The number of aromatic nitrogens is 2. The molecule has 0 fully saturated rings. The number of hydrazone groups is 1. The molecule has 0 radical (unpaired) electrons. The number of hydrogen-bond acceptors (Lipinski definition) is 13. The minimum absolute atomic E-state index is 0. The summed E-state index contributed by atoms with van der Waals surface area (Å²) in [6, 6.07) is 8.72. The van der Waals surface area contributed by atoms with Gasteiger partial charge in [-0.05, 0) is 74.5 Å². The van der Waals surface area contributed by atoms with Crippen molar-refractivity contribution in [2.45, 2.75) is 23.6 Å². The monoisotopic (exact) mass is 762 g/mol. The summed E-state index contributed by atoms with van der Waals surface area (Å²) in [5.74, 6) is -2.54. The van der Waals surface area contributed by atoms with Crippen LogP contribution < -0.4 is 113 Å². The molecule has 0 spiro atoms. The normalized spacial score (nSPS) is 14.1. The van der Waals surface area contributed by atoms with Crippen LogP contribution in [0.3, 0.4) is 0 Å². The first-order chi connectivity index (χ1) is 22.2. The minimum atomic E-state index is -4.74. The van der Waals surface area contributed by atoms with Crippen LogP contribution in [-0.2, 0) is 39.3 Å². The van der Waals surface area contributed by atoms with Gasteiger partial charge in [0.1, 0.15) is 20.2 Å². The third-order valence-corrected chi connectivity index (χ3v) is 7.95. The van der Waals surface area contributed by atoms with Crippen LogP contribution in [0.15, 0.2) is 98.1 Å². The van der Waals surface area contributed by atoms with Crippen LogP contribution in [0, 0.1) is 0 Å². The molecule has 2 heterocycles. The summed E-state index contributed by atoms with van der Waals surface area (Å²) in [7, 11) is -9.47. The molecule has 246 valence electrons. The molecule has 1 aliphatic heterocycles. The molecule has 1 aliphatic rings. The molecule has 4 rings (SSSR count). The molecular formula is C29H24K2N4O12S2. The first-order valence-electron chi connectivity index (χ1n) is 13.5. The molecule has 2 aromatic carbocycles. The standard InChI is InChI=1S/C29H26N4O12S2.2K/c1-3-44-28(36)24-22(26(34)32(30-24)18-10-14-20(15-11-18)46(38,39)40)8-6-5-7-9-23-25(29(37)45-4-2)31-33(27(23)35)19-12-16-21(17-13-19)47(41,42)43;;/h5-17,30H,3-4H2,1-2H3,(H,38,39,40)(H,41,42,43);;/q;2*+1/p-2. The molecule has 16 nitrogen and oxygen atoms in total. The number of nitrogens with one attached hydrogen (secondary N) is 1. The first-order valence-corrected chi connectivity index (χ1v) is 16.3. The van der Waals surface area contributed by atoms with E-state index in [1.54, 1.807) is 13.8 Å². The Morgan fingerprint density at radius 3 is 1.82 bits per heavy atom. The van der Waals surface area contributed by atoms with Crippen molar-refractivity contribution < 1.29 is 153 Å². The number of nitrogens with zero attached hydrogens (tertiary/aromatic N) is 3. The van der Waals surface area contributed by atoms with Crippen molar-refractivity contribution >= 4 is 55.6 Å². The SMILES string of the molecule is CCOC(=O)C1=NN(c2ccc(S(=O)(=O)[O-])cc2)C(=O)C1=CC=CC=Cc1c(C(=O)OCC)[nH]n(-c2ccc(S(=O)(=O)[O-])cc2)c1=O.[K+].[K+]. The number of carbonyl (C=O) groups is 3. The number of esters is 2. The quantitative estimate of drug-likeness (QED) is 0.0641. The molecule has 20 heteroatoms. The van der Waals surface area contributed by atoms with Gasteiger partial charge in [-0.1, -0.05) is 18.2 Å². The third kappa shape index (κ3) is 10.4. The average Bonchev–Trinajstić information content (AvgIpc) is 3.52. The molecule has 0 aliphatic carbocycles. The number of carbonyl (C=O) groups excluding carboxylic acids is 3. The molecule has 1 N–H and O–H groups in total. The van der Waals surface area contributed by atoms with Gasteiger partial charge >= 0.3 is 115 Å². The van der Waals surface area contributed by atoms with Gasteiger partial charge in [0.2, 0.25) is 0 Å². The fraction of sp³-hybridized carbons (Fsp3) is 0.138. The predicted molar refractivity (Wildman–Crippen MR) is 163 cm³/mol. The van der Waals surface area contributed by atoms with Crippen LogP contribution in [-0.4, -0.2) is 72.5 Å². The summed E-state index contributed by atoms with van der Waals surface area (Å²) in [4.78, 5) is 50.5. The molecule has 3 aromatic rings. The predicted octanol–water partition coefficient (Wildman–Crippen LogP) is -4.38. The zero-order valence-electron chi connectivity index (χ0n) is 26.5. The Morgan fingerprint density at radius 1 is 0.796 bits per heavy atom. The second kappa shape index (κ2) is 18.4. The number of anilines is 1. The maximum atomic E-state index is 13.2. The minimum Gasteiger partial charge on any atom is -0.744 e. The van der Waals surface area contributed by atoms with E-state index in [0.717, 1.165) is 34.0 Å². The molecular weight excluding hydrogens is 739 g/mol. The summed E-state index contributed by atoms with van der Waals surface area (Å²) < 4.78 is 78.5. The van der Waals surface area contributed by atoms with E-state index >= 15 is 0 Å². The first kappa shape index (κ1) is 43.0. The van der Waals surface area contributed by atoms with Crippen molar-refractivity contribution in [1.82, 2.24) is 9.78 Å². The third-order valence-electron chi connectivity index (χ3n) is 6.25. The van der Waals surface area contributed by atoms with E-state index in [0.29, 0.717) is 0 Å². The number of hydrogen-bond donors (Lipinski definition) is 1. The number of rotatable bonds is 11. The van der Waals surface area contributed by atoms with Gasteiger partial charge in [-0.25, -0.2) is 31.1 Å². The van der Waals surface area contributed by atoms with Gasteiger partial charge in [-0.3, -0.25) is 14.7 Å². The second-order valence-corrected chi connectivity index (χ2v) is 12.0. The van der Waals surface area contributed by atoms with Crippen LogP contribution in [0.25, 0.3) is 11.8 Å². The Balaban J connectivity index is 0.00000417. The molecule has 0 saturated carbocycles. The van der Waals surface area contributed by atoms with E-state index in [9.17, 15) is 45.1 Å². The molecule has 0 atom stereocenters. The van der Waals surface area contributed by atoms with Gasteiger partial charge in [-0.15, -0.1) is 0 Å². The number of amides is 1. The molecule has 0 unspecified atom stereocenters. The fourth-order valence-electron chi connectivity index (χ4n) is 4.12. The van der Waals surface area contributed by atoms with Crippen molar-refractivity contribution in [3.8, 4) is 5.69 Å². The smallest absolute Gasteiger partial charge is 0.744 e. The van der Waals surface area contributed by atoms with Crippen LogP contribution in [0.1, 0.15) is 29.9 Å². The van der Waals surface area contributed by atoms with Crippen LogP contribution in [0.2, 0.25) is 0 Å². The van der Waals surface area contributed by atoms with Crippen LogP contribution >= 0.6 is 0 Å². The van der Waals surface area contributed by atoms with Crippen molar-refractivity contribution in [3.05, 3.63) is 100 Å². The summed E-state index contributed by atoms with van der Waals surface area (Å²) in [5, 5.41) is 7.45. The van der Waals surface area contributed by atoms with E-state index < -0.39 is 53.4 Å². The van der Waals surface area contributed by atoms with Crippen molar-refractivity contribution in [2.24, 2.45) is 5.10 Å². The van der Waals surface area contributed by atoms with E-state index in [1.807, 2.05) is 0 Å². The van der Waals surface area contributed by atoms with E-state index in [-0.39, 0.29) is 150 Å². The Hall–Kier alpha value is -2.16. The Morgan fingerprint density at radius 2 is 1.31 bits per heavy atom. The number of benzene rings is 2. The average molecular weight is 763 g/mol. The molecule has 1 aromatic heterocycles. The van der Waals surface area contributed by atoms with Crippen LogP contribution in [0.5, 0.6) is 0 Å². The van der Waals surface area contributed by atoms with Gasteiger partial charge in [0.05, 0.1) is 45.5 Å². The van der Waals surface area contributed by atoms with Crippen molar-refractivity contribution in [1.29, 1.82) is 0 Å². The Labute approximate surface area is 365 Å². The van der Waals surface area contributed by atoms with E-state index in [1.165, 1.54) is 54.6 Å². The molecule has 0 bridgehead atoms. The fourth-order valence-corrected chi connectivity index (χ4v) is 5.06. The number of aromatic amines is 1. The zero-order chi connectivity index (χ0) is 34.5. The van der Waals surface area contributed by atoms with Gasteiger partial charge in [0.15, 0.2) is 11.4 Å². The Bertz CT molecular complexity index is 2130. The topological polar surface area (TPSA) is 237 Å². The Kier molecular flexibility index (Phi) is 16.1. The second-order valence-electron chi connectivity index (χ2n) is 9.27. The van der Waals surface area contributed by atoms with Gasteiger partial charge in [-0.2, -0.15) is 10.1 Å². The van der Waals surface area contributed by atoms with E-state index in [4.69, 9.17) is 9.47 Å². The molecule has 49 heavy (non-hydrogen) atoms. The van der Waals surface area contributed by atoms with Gasteiger partial charge in [0, 0.05) is 0 Å².